The third-order valence-corrected chi connectivity index (χ3v) is 3.94. The molecule has 3 rings (SSSR count). The number of benzene rings is 3. The quantitative estimate of drug-likeness (QED) is 0.593. The van der Waals surface area contributed by atoms with Crippen LogP contribution in [-0.4, -0.2) is 18.4 Å². The van der Waals surface area contributed by atoms with Crippen LogP contribution in [0.4, 0.5) is 11.4 Å². The standard InChI is InChI=1S/C22H21N3O3/c23-21(26)15-17-11-13-20(14-12-17)28-16-22(27)24-25(18-7-3-1-4-8-18)19-9-5-2-6-10-19/h1-14H,15-16H2,(H2,23,26)(H,24,27). The molecule has 28 heavy (non-hydrogen) atoms. The average molecular weight is 375 g/mol. The van der Waals surface area contributed by atoms with Crippen LogP contribution >= 0.6 is 0 Å². The highest BCUT2D eigenvalue weighted by atomic mass is 16.5. The molecule has 2 amide bonds. The number of ether oxygens (including phenoxy) is 1. The van der Waals surface area contributed by atoms with Gasteiger partial charge in [-0.25, -0.2) is 0 Å². The molecule has 0 spiro atoms. The third kappa shape index (κ3) is 5.35. The molecule has 0 unspecified atom stereocenters. The van der Waals surface area contributed by atoms with E-state index in [2.05, 4.69) is 5.43 Å². The summed E-state index contributed by atoms with van der Waals surface area (Å²) in [4.78, 5) is 23.4. The molecule has 0 radical (unpaired) electrons. The van der Waals surface area contributed by atoms with E-state index < -0.39 is 5.91 Å². The van der Waals surface area contributed by atoms with Gasteiger partial charge in [0.15, 0.2) is 6.61 Å². The molecule has 0 saturated carbocycles. The first-order valence-corrected chi connectivity index (χ1v) is 8.81. The summed E-state index contributed by atoms with van der Waals surface area (Å²) in [6, 6.07) is 26.0. The normalized spacial score (nSPS) is 10.1. The number of nitrogens with zero attached hydrogens (tertiary/aromatic N) is 1. The van der Waals surface area contributed by atoms with Gasteiger partial charge in [0.05, 0.1) is 17.8 Å². The van der Waals surface area contributed by atoms with Gasteiger partial charge in [-0.2, -0.15) is 0 Å². The lowest BCUT2D eigenvalue weighted by molar-refractivity contribution is -0.123. The number of hydrazine groups is 1. The summed E-state index contributed by atoms with van der Waals surface area (Å²) in [6.45, 7) is -0.147. The van der Waals surface area contributed by atoms with Crippen LogP contribution in [0.1, 0.15) is 5.56 Å². The maximum Gasteiger partial charge on any atom is 0.276 e. The number of carbonyl (C=O) groups is 2. The number of hydrogen-bond acceptors (Lipinski definition) is 4. The number of hydrogen-bond donors (Lipinski definition) is 2. The Bertz CT molecular complexity index is 873. The van der Waals surface area contributed by atoms with Gasteiger partial charge in [0, 0.05) is 0 Å². The summed E-state index contributed by atoms with van der Waals surface area (Å²) < 4.78 is 5.55. The molecule has 0 aliphatic heterocycles. The molecule has 3 N–H and O–H groups in total. The van der Waals surface area contributed by atoms with Crippen LogP contribution in [0.2, 0.25) is 0 Å². The van der Waals surface area contributed by atoms with Crippen LogP contribution in [0.5, 0.6) is 5.75 Å². The molecular weight excluding hydrogens is 354 g/mol. The molecule has 0 bridgehead atoms. The van der Waals surface area contributed by atoms with Crippen molar-refractivity contribution < 1.29 is 14.3 Å². The van der Waals surface area contributed by atoms with Crippen molar-refractivity contribution in [3.63, 3.8) is 0 Å². The summed E-state index contributed by atoms with van der Waals surface area (Å²) in [5, 5.41) is 1.71. The number of nitrogens with two attached hydrogens (primary N) is 1. The monoisotopic (exact) mass is 375 g/mol. The molecule has 3 aromatic carbocycles. The summed E-state index contributed by atoms with van der Waals surface area (Å²) in [6.07, 6.45) is 0.171. The number of carbonyl (C=O) groups excluding carboxylic acids is 2. The second-order valence-corrected chi connectivity index (χ2v) is 6.12. The van der Waals surface area contributed by atoms with E-state index in [1.165, 1.54) is 0 Å². The molecule has 0 saturated heterocycles. The van der Waals surface area contributed by atoms with Gasteiger partial charge in [0.2, 0.25) is 5.91 Å². The molecule has 0 atom stereocenters. The second-order valence-electron chi connectivity index (χ2n) is 6.12. The minimum atomic E-state index is -0.394. The Balaban J connectivity index is 1.63. The largest absolute Gasteiger partial charge is 0.484 e. The summed E-state index contributed by atoms with van der Waals surface area (Å²) in [7, 11) is 0. The minimum absolute atomic E-state index is 0.147. The number of para-hydroxylation sites is 2. The third-order valence-electron chi connectivity index (χ3n) is 3.94. The van der Waals surface area contributed by atoms with Crippen LogP contribution in [0, 0.1) is 0 Å². The number of amides is 2. The van der Waals surface area contributed by atoms with Gasteiger partial charge >= 0.3 is 0 Å². The fraction of sp³-hybridized carbons (Fsp3) is 0.0909. The predicted molar refractivity (Wildman–Crippen MR) is 108 cm³/mol. The first-order chi connectivity index (χ1) is 13.6. The van der Waals surface area contributed by atoms with Gasteiger partial charge < -0.3 is 10.5 Å². The fourth-order valence-electron chi connectivity index (χ4n) is 2.64. The van der Waals surface area contributed by atoms with Crippen molar-refractivity contribution in [2.75, 3.05) is 11.6 Å². The van der Waals surface area contributed by atoms with Crippen molar-refractivity contribution in [2.24, 2.45) is 5.73 Å². The maximum atomic E-state index is 12.4. The van der Waals surface area contributed by atoms with Gasteiger partial charge in [0.25, 0.3) is 5.91 Å². The van der Waals surface area contributed by atoms with Crippen LogP contribution in [0.3, 0.4) is 0 Å². The highest BCUT2D eigenvalue weighted by Gasteiger charge is 2.13. The second kappa shape index (κ2) is 9.23. The molecular formula is C22H21N3O3. The van der Waals surface area contributed by atoms with E-state index in [4.69, 9.17) is 10.5 Å². The smallest absolute Gasteiger partial charge is 0.276 e. The summed E-state index contributed by atoms with van der Waals surface area (Å²) >= 11 is 0. The molecule has 142 valence electrons. The van der Waals surface area contributed by atoms with Crippen molar-refractivity contribution in [1.29, 1.82) is 0 Å². The summed E-state index contributed by atoms with van der Waals surface area (Å²) in [5.74, 6) is -0.154. The zero-order valence-electron chi connectivity index (χ0n) is 15.2. The van der Waals surface area contributed by atoms with E-state index in [9.17, 15) is 9.59 Å². The van der Waals surface area contributed by atoms with Crippen molar-refractivity contribution in [1.82, 2.24) is 5.43 Å². The summed E-state index contributed by atoms with van der Waals surface area (Å²) in [5.41, 5.74) is 10.5. The SMILES string of the molecule is NC(=O)Cc1ccc(OCC(=O)NN(c2ccccc2)c2ccccc2)cc1. The molecule has 0 heterocycles. The van der Waals surface area contributed by atoms with Crippen LogP contribution < -0.4 is 20.9 Å². The maximum absolute atomic E-state index is 12.4. The van der Waals surface area contributed by atoms with E-state index in [-0.39, 0.29) is 18.9 Å². The highest BCUT2D eigenvalue weighted by Crippen LogP contribution is 2.22. The Hall–Kier alpha value is -3.80. The fourth-order valence-corrected chi connectivity index (χ4v) is 2.64. The zero-order valence-corrected chi connectivity index (χ0v) is 15.2. The Kier molecular flexibility index (Phi) is 6.25. The average Bonchev–Trinajstić information content (AvgIpc) is 2.72. The van der Waals surface area contributed by atoms with Crippen molar-refractivity contribution in [3.8, 4) is 5.75 Å². The van der Waals surface area contributed by atoms with Gasteiger partial charge in [-0.15, -0.1) is 0 Å². The molecule has 6 nitrogen and oxygen atoms in total. The first kappa shape index (κ1) is 19.0. The minimum Gasteiger partial charge on any atom is -0.484 e. The lowest BCUT2D eigenvalue weighted by atomic mass is 10.1. The Morgan fingerprint density at radius 3 is 1.86 bits per heavy atom. The van der Waals surface area contributed by atoms with E-state index in [0.717, 1.165) is 16.9 Å². The zero-order chi connectivity index (χ0) is 19.8. The van der Waals surface area contributed by atoms with E-state index in [1.807, 2.05) is 60.7 Å². The van der Waals surface area contributed by atoms with Crippen molar-refractivity contribution >= 4 is 23.2 Å². The van der Waals surface area contributed by atoms with Crippen LogP contribution in [0.25, 0.3) is 0 Å². The van der Waals surface area contributed by atoms with Gasteiger partial charge in [-0.05, 0) is 42.0 Å². The molecule has 6 heteroatoms. The Labute approximate surface area is 163 Å². The molecule has 0 fully saturated rings. The topological polar surface area (TPSA) is 84.7 Å². The van der Waals surface area contributed by atoms with Crippen LogP contribution in [0.15, 0.2) is 84.9 Å². The highest BCUT2D eigenvalue weighted by molar-refractivity contribution is 5.82. The van der Waals surface area contributed by atoms with Gasteiger partial charge in [0.1, 0.15) is 5.75 Å². The number of rotatable bonds is 8. The van der Waals surface area contributed by atoms with E-state index in [1.54, 1.807) is 29.3 Å². The molecule has 0 aliphatic carbocycles. The molecule has 0 aromatic heterocycles. The van der Waals surface area contributed by atoms with Crippen molar-refractivity contribution in [2.45, 2.75) is 6.42 Å². The number of nitrogens with one attached hydrogen (secondary N) is 1. The number of anilines is 2. The predicted octanol–water partition coefficient (Wildman–Crippen LogP) is 2.96. The molecule has 3 aromatic rings. The Morgan fingerprint density at radius 2 is 1.36 bits per heavy atom. The lowest BCUT2D eigenvalue weighted by Gasteiger charge is -2.25. The first-order valence-electron chi connectivity index (χ1n) is 8.81. The van der Waals surface area contributed by atoms with Gasteiger partial charge in [-0.1, -0.05) is 48.5 Å². The van der Waals surface area contributed by atoms with E-state index in [0.29, 0.717) is 5.75 Å². The van der Waals surface area contributed by atoms with Crippen molar-refractivity contribution in [3.05, 3.63) is 90.5 Å². The lowest BCUT2D eigenvalue weighted by Crippen LogP contribution is -2.41. The van der Waals surface area contributed by atoms with E-state index >= 15 is 0 Å². The van der Waals surface area contributed by atoms with Gasteiger partial charge in [-0.3, -0.25) is 20.0 Å². The molecule has 0 aliphatic rings. The van der Waals surface area contributed by atoms with Crippen LogP contribution in [-0.2, 0) is 16.0 Å². The number of primary amides is 1. The Morgan fingerprint density at radius 1 is 0.821 bits per heavy atom.